The van der Waals surface area contributed by atoms with E-state index in [0.717, 1.165) is 16.6 Å². The lowest BCUT2D eigenvalue weighted by Gasteiger charge is -2.28. The summed E-state index contributed by atoms with van der Waals surface area (Å²) in [5.41, 5.74) is 1.87. The SMILES string of the molecule is Cc1ccc(C(=O)NCC(C)(C)CN(C)C)c(Br)c1. The van der Waals surface area contributed by atoms with Crippen LogP contribution < -0.4 is 5.32 Å². The van der Waals surface area contributed by atoms with Gasteiger partial charge in [0.15, 0.2) is 0 Å². The van der Waals surface area contributed by atoms with Crippen LogP contribution in [0, 0.1) is 12.3 Å². The summed E-state index contributed by atoms with van der Waals surface area (Å²) < 4.78 is 0.843. The number of benzene rings is 1. The van der Waals surface area contributed by atoms with Crippen molar-refractivity contribution < 1.29 is 4.79 Å². The van der Waals surface area contributed by atoms with Crippen LogP contribution in [0.2, 0.25) is 0 Å². The summed E-state index contributed by atoms with van der Waals surface area (Å²) in [6, 6.07) is 5.76. The van der Waals surface area contributed by atoms with Crippen LogP contribution in [0.25, 0.3) is 0 Å². The summed E-state index contributed by atoms with van der Waals surface area (Å²) >= 11 is 3.44. The molecule has 1 N–H and O–H groups in total. The maximum absolute atomic E-state index is 12.2. The molecule has 1 aromatic rings. The van der Waals surface area contributed by atoms with E-state index in [0.29, 0.717) is 12.1 Å². The molecule has 1 aromatic carbocycles. The lowest BCUT2D eigenvalue weighted by atomic mass is 9.93. The number of amides is 1. The number of carbonyl (C=O) groups excluding carboxylic acids is 1. The summed E-state index contributed by atoms with van der Waals surface area (Å²) in [5.74, 6) is -0.0290. The van der Waals surface area contributed by atoms with Crippen molar-refractivity contribution in [2.24, 2.45) is 5.41 Å². The minimum atomic E-state index is -0.0290. The standard InChI is InChI=1S/C15H23BrN2O/c1-11-6-7-12(13(16)8-11)14(19)17-9-15(2,3)10-18(4)5/h6-8H,9-10H2,1-5H3,(H,17,19). The maximum atomic E-state index is 12.2. The van der Waals surface area contributed by atoms with E-state index in [1.54, 1.807) is 0 Å². The van der Waals surface area contributed by atoms with Crippen LogP contribution in [-0.2, 0) is 0 Å². The molecule has 0 aliphatic carbocycles. The number of nitrogens with one attached hydrogen (secondary N) is 1. The predicted octanol–water partition coefficient (Wildman–Crippen LogP) is 3.08. The molecule has 0 saturated carbocycles. The summed E-state index contributed by atoms with van der Waals surface area (Å²) in [5, 5.41) is 3.01. The van der Waals surface area contributed by atoms with Crippen LogP contribution in [0.1, 0.15) is 29.8 Å². The van der Waals surface area contributed by atoms with Gasteiger partial charge in [0.05, 0.1) is 5.56 Å². The quantitative estimate of drug-likeness (QED) is 0.901. The number of carbonyl (C=O) groups is 1. The van der Waals surface area contributed by atoms with Gasteiger partial charge in [-0.15, -0.1) is 0 Å². The van der Waals surface area contributed by atoms with Crippen LogP contribution in [0.4, 0.5) is 0 Å². The van der Waals surface area contributed by atoms with E-state index in [9.17, 15) is 4.79 Å². The van der Waals surface area contributed by atoms with Crippen LogP contribution in [-0.4, -0.2) is 38.0 Å². The molecule has 0 aliphatic heterocycles. The summed E-state index contributed by atoms with van der Waals surface area (Å²) in [6.07, 6.45) is 0. The van der Waals surface area contributed by atoms with E-state index >= 15 is 0 Å². The molecule has 0 bridgehead atoms. The van der Waals surface area contributed by atoms with Gasteiger partial charge in [-0.3, -0.25) is 4.79 Å². The molecule has 0 aromatic heterocycles. The first kappa shape index (κ1) is 16.2. The minimum absolute atomic E-state index is 0.0290. The third kappa shape index (κ3) is 5.33. The van der Waals surface area contributed by atoms with Crippen LogP contribution in [0.5, 0.6) is 0 Å². The van der Waals surface area contributed by atoms with Crippen molar-refractivity contribution >= 4 is 21.8 Å². The van der Waals surface area contributed by atoms with Gasteiger partial charge in [0, 0.05) is 17.6 Å². The molecule has 0 radical (unpaired) electrons. The Morgan fingerprint density at radius 3 is 2.53 bits per heavy atom. The zero-order valence-electron chi connectivity index (χ0n) is 12.4. The molecule has 0 saturated heterocycles. The van der Waals surface area contributed by atoms with Crippen molar-refractivity contribution in [1.82, 2.24) is 10.2 Å². The molecule has 0 spiro atoms. The van der Waals surface area contributed by atoms with Crippen molar-refractivity contribution in [1.29, 1.82) is 0 Å². The molecular formula is C15H23BrN2O. The Kier molecular flexibility index (Phi) is 5.56. The highest BCUT2D eigenvalue weighted by atomic mass is 79.9. The molecule has 4 heteroatoms. The molecule has 19 heavy (non-hydrogen) atoms. The number of nitrogens with zero attached hydrogens (tertiary/aromatic N) is 1. The molecule has 0 fully saturated rings. The topological polar surface area (TPSA) is 32.3 Å². The van der Waals surface area contributed by atoms with Gasteiger partial charge in [-0.2, -0.15) is 0 Å². The van der Waals surface area contributed by atoms with Gasteiger partial charge in [0.1, 0.15) is 0 Å². The average molecular weight is 327 g/mol. The zero-order chi connectivity index (χ0) is 14.6. The Bertz CT molecular complexity index is 455. The minimum Gasteiger partial charge on any atom is -0.351 e. The van der Waals surface area contributed by atoms with Crippen LogP contribution >= 0.6 is 15.9 Å². The Labute approximate surface area is 124 Å². The van der Waals surface area contributed by atoms with Gasteiger partial charge >= 0.3 is 0 Å². The lowest BCUT2D eigenvalue weighted by molar-refractivity contribution is 0.0928. The highest BCUT2D eigenvalue weighted by Crippen LogP contribution is 2.19. The number of hydrogen-bond donors (Lipinski definition) is 1. The fourth-order valence-corrected chi connectivity index (χ4v) is 2.80. The van der Waals surface area contributed by atoms with E-state index < -0.39 is 0 Å². The first-order valence-electron chi connectivity index (χ1n) is 6.40. The van der Waals surface area contributed by atoms with E-state index in [2.05, 4.69) is 40.0 Å². The average Bonchev–Trinajstić information content (AvgIpc) is 2.24. The van der Waals surface area contributed by atoms with Crippen LogP contribution in [0.15, 0.2) is 22.7 Å². The molecule has 0 heterocycles. The number of halogens is 1. The highest BCUT2D eigenvalue weighted by molar-refractivity contribution is 9.10. The number of rotatable bonds is 5. The number of hydrogen-bond acceptors (Lipinski definition) is 2. The molecule has 1 amide bonds. The monoisotopic (exact) mass is 326 g/mol. The Morgan fingerprint density at radius 1 is 1.37 bits per heavy atom. The Hall–Kier alpha value is -0.870. The molecule has 3 nitrogen and oxygen atoms in total. The van der Waals surface area contributed by atoms with Gasteiger partial charge < -0.3 is 10.2 Å². The molecule has 0 aliphatic rings. The third-order valence-electron chi connectivity index (χ3n) is 2.84. The zero-order valence-corrected chi connectivity index (χ0v) is 14.0. The molecule has 0 unspecified atom stereocenters. The van der Waals surface area contributed by atoms with Crippen molar-refractivity contribution in [3.8, 4) is 0 Å². The lowest BCUT2D eigenvalue weighted by Crippen LogP contribution is -2.40. The normalized spacial score (nSPS) is 11.7. The van der Waals surface area contributed by atoms with Crippen LogP contribution in [0.3, 0.4) is 0 Å². The fourth-order valence-electron chi connectivity index (χ4n) is 2.13. The first-order valence-corrected chi connectivity index (χ1v) is 7.20. The summed E-state index contributed by atoms with van der Waals surface area (Å²) in [4.78, 5) is 14.3. The second kappa shape index (κ2) is 6.53. The second-order valence-corrected chi connectivity index (χ2v) is 6.92. The largest absolute Gasteiger partial charge is 0.351 e. The molecule has 1 rings (SSSR count). The fraction of sp³-hybridized carbons (Fsp3) is 0.533. The van der Waals surface area contributed by atoms with Gasteiger partial charge in [-0.1, -0.05) is 19.9 Å². The van der Waals surface area contributed by atoms with Gasteiger partial charge in [-0.25, -0.2) is 0 Å². The van der Waals surface area contributed by atoms with Crippen molar-refractivity contribution in [3.63, 3.8) is 0 Å². The summed E-state index contributed by atoms with van der Waals surface area (Å²) in [7, 11) is 4.08. The maximum Gasteiger partial charge on any atom is 0.252 e. The van der Waals surface area contributed by atoms with Gasteiger partial charge in [0.2, 0.25) is 0 Å². The number of aryl methyl sites for hydroxylation is 1. The Morgan fingerprint density at radius 2 is 2.00 bits per heavy atom. The second-order valence-electron chi connectivity index (χ2n) is 6.07. The van der Waals surface area contributed by atoms with Crippen molar-refractivity contribution in [3.05, 3.63) is 33.8 Å². The smallest absolute Gasteiger partial charge is 0.252 e. The third-order valence-corrected chi connectivity index (χ3v) is 3.50. The Balaban J connectivity index is 2.65. The van der Waals surface area contributed by atoms with Gasteiger partial charge in [-0.05, 0) is 60.1 Å². The van der Waals surface area contributed by atoms with E-state index in [1.807, 2.05) is 39.2 Å². The first-order chi connectivity index (χ1) is 8.71. The van der Waals surface area contributed by atoms with Crippen molar-refractivity contribution in [2.75, 3.05) is 27.2 Å². The molecule has 0 atom stereocenters. The van der Waals surface area contributed by atoms with Crippen molar-refractivity contribution in [2.45, 2.75) is 20.8 Å². The molecule has 106 valence electrons. The predicted molar refractivity (Wildman–Crippen MR) is 83.5 cm³/mol. The van der Waals surface area contributed by atoms with Gasteiger partial charge in [0.25, 0.3) is 5.91 Å². The van der Waals surface area contributed by atoms with E-state index in [1.165, 1.54) is 0 Å². The highest BCUT2D eigenvalue weighted by Gasteiger charge is 2.20. The van der Waals surface area contributed by atoms with E-state index in [-0.39, 0.29) is 11.3 Å². The summed E-state index contributed by atoms with van der Waals surface area (Å²) in [6.45, 7) is 7.90. The van der Waals surface area contributed by atoms with E-state index in [4.69, 9.17) is 0 Å². The molecular weight excluding hydrogens is 304 g/mol.